The van der Waals surface area contributed by atoms with E-state index >= 15 is 0 Å². The van der Waals surface area contributed by atoms with Crippen LogP contribution in [0, 0.1) is 0 Å². The molecule has 0 N–H and O–H groups in total. The molecule has 55 heavy (non-hydrogen) atoms. The van der Waals surface area contributed by atoms with Gasteiger partial charge in [-0.05, 0) is 47.9 Å². The van der Waals surface area contributed by atoms with E-state index in [-0.39, 0.29) is 0 Å². The van der Waals surface area contributed by atoms with Crippen molar-refractivity contribution in [1.29, 1.82) is 0 Å². The van der Waals surface area contributed by atoms with Gasteiger partial charge in [-0.25, -0.2) is 15.0 Å². The molecule has 8 aromatic carbocycles. The van der Waals surface area contributed by atoms with Crippen molar-refractivity contribution in [2.75, 3.05) is 0 Å². The summed E-state index contributed by atoms with van der Waals surface area (Å²) in [5.41, 5.74) is 6.33. The number of thiophene rings is 2. The second-order valence-corrected chi connectivity index (χ2v) is 16.1. The molecule has 0 atom stereocenters. The van der Waals surface area contributed by atoms with Gasteiger partial charge in [0.25, 0.3) is 0 Å². The van der Waals surface area contributed by atoms with E-state index in [1.165, 1.54) is 67.4 Å². The average Bonchev–Trinajstić information content (AvgIpc) is 3.93. The number of para-hydroxylation sites is 1. The number of hydrogen-bond donors (Lipinski definition) is 0. The van der Waals surface area contributed by atoms with Crippen LogP contribution < -0.4 is 0 Å². The summed E-state index contributed by atoms with van der Waals surface area (Å²) in [7, 11) is 0. The van der Waals surface area contributed by atoms with Gasteiger partial charge in [-0.3, -0.25) is 0 Å². The van der Waals surface area contributed by atoms with E-state index in [4.69, 9.17) is 15.0 Å². The summed E-state index contributed by atoms with van der Waals surface area (Å²) in [5, 5.41) is 9.89. The highest BCUT2D eigenvalue weighted by Gasteiger charge is 2.19. The molecule has 12 rings (SSSR count). The van der Waals surface area contributed by atoms with Crippen LogP contribution in [0.15, 0.2) is 170 Å². The average molecular weight is 737 g/mol. The molecule has 0 unspecified atom stereocenters. The Morgan fingerprint density at radius 3 is 1.85 bits per heavy atom. The molecule has 4 heterocycles. The molecule has 0 fully saturated rings. The van der Waals surface area contributed by atoms with Crippen LogP contribution in [0.2, 0.25) is 0 Å². The van der Waals surface area contributed by atoms with Gasteiger partial charge in [-0.15, -0.1) is 22.7 Å². The lowest BCUT2D eigenvalue weighted by Gasteiger charge is -2.13. The fourth-order valence-corrected chi connectivity index (χ4v) is 10.7. The van der Waals surface area contributed by atoms with Gasteiger partial charge in [0, 0.05) is 78.9 Å². The van der Waals surface area contributed by atoms with Crippen LogP contribution in [0.5, 0.6) is 0 Å². The van der Waals surface area contributed by atoms with E-state index in [2.05, 4.69) is 174 Å². The van der Waals surface area contributed by atoms with E-state index in [0.717, 1.165) is 27.9 Å². The third-order valence-electron chi connectivity index (χ3n) is 10.8. The maximum Gasteiger partial charge on any atom is 0.165 e. The van der Waals surface area contributed by atoms with Crippen molar-refractivity contribution in [3.63, 3.8) is 0 Å². The monoisotopic (exact) mass is 736 g/mol. The molecular formula is C49H28N4S2. The highest BCUT2D eigenvalue weighted by molar-refractivity contribution is 7.26. The van der Waals surface area contributed by atoms with Crippen molar-refractivity contribution in [3.8, 4) is 39.9 Å². The van der Waals surface area contributed by atoms with Gasteiger partial charge >= 0.3 is 0 Å². The molecule has 0 aliphatic carbocycles. The molecule has 0 aliphatic heterocycles. The Kier molecular flexibility index (Phi) is 6.64. The Hall–Kier alpha value is -6.73. The minimum Gasteiger partial charge on any atom is -0.309 e. The lowest BCUT2D eigenvalue weighted by Crippen LogP contribution is -2.01. The zero-order valence-corrected chi connectivity index (χ0v) is 30.9. The second-order valence-electron chi connectivity index (χ2n) is 14.0. The largest absolute Gasteiger partial charge is 0.309 e. The van der Waals surface area contributed by atoms with Crippen LogP contribution in [0.1, 0.15) is 0 Å². The zero-order valence-electron chi connectivity index (χ0n) is 29.3. The Morgan fingerprint density at radius 1 is 0.382 bits per heavy atom. The molecule has 4 aromatic heterocycles. The van der Waals surface area contributed by atoms with Crippen LogP contribution >= 0.6 is 22.7 Å². The maximum atomic E-state index is 5.29. The molecule has 0 radical (unpaired) electrons. The first-order valence-corrected chi connectivity index (χ1v) is 20.0. The summed E-state index contributed by atoms with van der Waals surface area (Å²) in [6.07, 6.45) is 0. The fourth-order valence-electron chi connectivity index (χ4n) is 8.33. The molecule has 12 aromatic rings. The maximum absolute atomic E-state index is 5.29. The summed E-state index contributed by atoms with van der Waals surface area (Å²) >= 11 is 3.60. The SMILES string of the molecule is c1cc(-c2nc(-c3ccc4c(c3)sc3ccccc34)nc(-c3cccc4c3sc3ccccc34)n2)cc(-n2c3ccccc3c3ccc4ccccc4c32)c1. The first-order chi connectivity index (χ1) is 27.2. The molecule has 0 aliphatic rings. The van der Waals surface area contributed by atoms with Crippen molar-refractivity contribution in [1.82, 2.24) is 19.5 Å². The second kappa shape index (κ2) is 11.9. The summed E-state index contributed by atoms with van der Waals surface area (Å²) in [4.78, 5) is 15.8. The normalized spacial score (nSPS) is 12.0. The summed E-state index contributed by atoms with van der Waals surface area (Å²) < 4.78 is 7.32. The van der Waals surface area contributed by atoms with E-state index in [0.29, 0.717) is 17.5 Å². The van der Waals surface area contributed by atoms with Gasteiger partial charge in [0.2, 0.25) is 0 Å². The number of rotatable bonds is 4. The molecule has 4 nitrogen and oxygen atoms in total. The molecule has 0 bridgehead atoms. The molecule has 0 amide bonds. The van der Waals surface area contributed by atoms with Crippen LogP contribution in [-0.4, -0.2) is 19.5 Å². The summed E-state index contributed by atoms with van der Waals surface area (Å²) in [6.45, 7) is 0. The van der Waals surface area contributed by atoms with Gasteiger partial charge in [0.15, 0.2) is 17.5 Å². The minimum absolute atomic E-state index is 0.641. The smallest absolute Gasteiger partial charge is 0.165 e. The van der Waals surface area contributed by atoms with E-state index in [9.17, 15) is 0 Å². The lowest BCUT2D eigenvalue weighted by atomic mass is 10.1. The Labute approximate surface area is 323 Å². The molecule has 256 valence electrons. The Morgan fingerprint density at radius 2 is 1.00 bits per heavy atom. The fraction of sp³-hybridized carbons (Fsp3) is 0. The topological polar surface area (TPSA) is 43.6 Å². The van der Waals surface area contributed by atoms with E-state index < -0.39 is 0 Å². The first kappa shape index (κ1) is 30.7. The summed E-state index contributed by atoms with van der Waals surface area (Å²) in [6, 6.07) is 60.8. The van der Waals surface area contributed by atoms with Crippen molar-refractivity contribution >= 4 is 95.6 Å². The number of benzene rings is 8. The number of fused-ring (bicyclic) bond motifs is 11. The van der Waals surface area contributed by atoms with Gasteiger partial charge < -0.3 is 4.57 Å². The van der Waals surface area contributed by atoms with Crippen LogP contribution in [0.3, 0.4) is 0 Å². The number of nitrogens with zero attached hydrogens (tertiary/aromatic N) is 4. The number of aromatic nitrogens is 4. The van der Waals surface area contributed by atoms with Crippen molar-refractivity contribution in [3.05, 3.63) is 170 Å². The van der Waals surface area contributed by atoms with Gasteiger partial charge in [-0.1, -0.05) is 127 Å². The molecule has 0 spiro atoms. The van der Waals surface area contributed by atoms with Crippen molar-refractivity contribution < 1.29 is 0 Å². The first-order valence-electron chi connectivity index (χ1n) is 18.4. The highest BCUT2D eigenvalue weighted by Crippen LogP contribution is 2.41. The summed E-state index contributed by atoms with van der Waals surface area (Å²) in [5.74, 6) is 1.97. The Balaban J connectivity index is 1.10. The van der Waals surface area contributed by atoms with E-state index in [1.807, 2.05) is 0 Å². The quantitative estimate of drug-likeness (QED) is 0.181. The third-order valence-corrected chi connectivity index (χ3v) is 13.2. The van der Waals surface area contributed by atoms with Crippen molar-refractivity contribution in [2.24, 2.45) is 0 Å². The third kappa shape index (κ3) is 4.72. The van der Waals surface area contributed by atoms with Crippen molar-refractivity contribution in [2.45, 2.75) is 0 Å². The zero-order chi connectivity index (χ0) is 36.0. The predicted octanol–water partition coefficient (Wildman–Crippen LogP) is 13.9. The van der Waals surface area contributed by atoms with Gasteiger partial charge in [0.05, 0.1) is 11.0 Å². The molecule has 0 saturated heterocycles. The van der Waals surface area contributed by atoms with Crippen LogP contribution in [0.25, 0.3) is 113 Å². The lowest BCUT2D eigenvalue weighted by molar-refractivity contribution is 1.07. The van der Waals surface area contributed by atoms with Gasteiger partial charge in [-0.2, -0.15) is 0 Å². The Bertz CT molecular complexity index is 3520. The predicted molar refractivity (Wildman–Crippen MR) is 234 cm³/mol. The number of hydrogen-bond acceptors (Lipinski definition) is 5. The van der Waals surface area contributed by atoms with Gasteiger partial charge in [0.1, 0.15) is 0 Å². The van der Waals surface area contributed by atoms with Crippen LogP contribution in [0.4, 0.5) is 0 Å². The molecular weight excluding hydrogens is 709 g/mol. The highest BCUT2D eigenvalue weighted by atomic mass is 32.1. The standard InChI is InChI=1S/C49H28N4S2/c1-2-14-33-29(11-1)23-26-38-34-15-3-6-20-41(34)53(45(33)38)32-13-9-12-30(27-32)47-50-48(31-24-25-37-35-16-4-7-21-42(35)54-44(37)28-31)52-49(51-47)40-19-10-18-39-36-17-5-8-22-43(36)55-46(39)40/h1-28H. The molecule has 6 heteroatoms. The minimum atomic E-state index is 0.641. The van der Waals surface area contributed by atoms with Crippen LogP contribution in [-0.2, 0) is 0 Å². The van der Waals surface area contributed by atoms with E-state index in [1.54, 1.807) is 22.7 Å². The molecule has 0 saturated carbocycles.